The highest BCUT2D eigenvalue weighted by molar-refractivity contribution is 7.10. The van der Waals surface area contributed by atoms with Gasteiger partial charge in [0.2, 0.25) is 0 Å². The van der Waals surface area contributed by atoms with Gasteiger partial charge in [-0.25, -0.2) is 0 Å². The molecule has 0 aliphatic heterocycles. The Labute approximate surface area is 108 Å². The van der Waals surface area contributed by atoms with Crippen molar-refractivity contribution in [2.75, 3.05) is 6.54 Å². The maximum Gasteiger partial charge on any atom is 0.0949 e. The molecule has 1 fully saturated rings. The summed E-state index contributed by atoms with van der Waals surface area (Å²) in [6, 6.07) is 4.03. The molecular weight excluding hydrogens is 230 g/mol. The average Bonchev–Trinajstić information content (AvgIpc) is 2.92. The molecule has 1 aliphatic carbocycles. The van der Waals surface area contributed by atoms with Gasteiger partial charge in [-0.3, -0.25) is 0 Å². The number of thiophene rings is 1. The van der Waals surface area contributed by atoms with Gasteiger partial charge in [0.05, 0.1) is 6.10 Å². The molecule has 1 saturated carbocycles. The van der Waals surface area contributed by atoms with E-state index in [1.165, 1.54) is 19.3 Å². The number of aliphatic hydroxyl groups is 1. The Kier molecular flexibility index (Phi) is 4.23. The van der Waals surface area contributed by atoms with Crippen molar-refractivity contribution in [1.82, 2.24) is 0 Å². The molecule has 2 nitrogen and oxygen atoms in total. The van der Waals surface area contributed by atoms with E-state index in [1.807, 2.05) is 17.5 Å². The van der Waals surface area contributed by atoms with Gasteiger partial charge >= 0.3 is 0 Å². The van der Waals surface area contributed by atoms with Crippen LogP contribution < -0.4 is 5.73 Å². The van der Waals surface area contributed by atoms with Gasteiger partial charge in [-0.2, -0.15) is 0 Å². The van der Waals surface area contributed by atoms with E-state index < -0.39 is 0 Å². The van der Waals surface area contributed by atoms with Crippen molar-refractivity contribution in [2.24, 2.45) is 17.1 Å². The van der Waals surface area contributed by atoms with Gasteiger partial charge in [0.25, 0.3) is 0 Å². The summed E-state index contributed by atoms with van der Waals surface area (Å²) in [5.41, 5.74) is 5.90. The lowest BCUT2D eigenvalue weighted by Gasteiger charge is -2.42. The maximum atomic E-state index is 10.6. The SMILES string of the molecule is CCC1CCC(CN)(C(O)c2cccs2)CC1. The summed E-state index contributed by atoms with van der Waals surface area (Å²) < 4.78 is 0. The van der Waals surface area contributed by atoms with E-state index >= 15 is 0 Å². The highest BCUT2D eigenvalue weighted by Crippen LogP contribution is 2.48. The molecule has 17 heavy (non-hydrogen) atoms. The molecule has 1 heterocycles. The van der Waals surface area contributed by atoms with Crippen LogP contribution in [-0.4, -0.2) is 11.7 Å². The Bertz CT molecular complexity index is 328. The monoisotopic (exact) mass is 253 g/mol. The normalized spacial score (nSPS) is 31.4. The van der Waals surface area contributed by atoms with Crippen molar-refractivity contribution in [3.8, 4) is 0 Å². The van der Waals surface area contributed by atoms with E-state index in [9.17, 15) is 5.11 Å². The molecule has 0 spiro atoms. The Morgan fingerprint density at radius 3 is 2.71 bits per heavy atom. The molecule has 0 saturated heterocycles. The number of nitrogens with two attached hydrogens (primary N) is 1. The first-order chi connectivity index (χ1) is 8.22. The first-order valence-corrected chi connectivity index (χ1v) is 7.51. The van der Waals surface area contributed by atoms with Gasteiger partial charge in [0, 0.05) is 16.8 Å². The molecule has 0 bridgehead atoms. The fourth-order valence-electron chi connectivity index (χ4n) is 3.00. The molecule has 1 unspecified atom stereocenters. The van der Waals surface area contributed by atoms with E-state index in [4.69, 9.17) is 5.73 Å². The predicted octanol–water partition coefficient (Wildman–Crippen LogP) is 3.33. The highest BCUT2D eigenvalue weighted by atomic mass is 32.1. The van der Waals surface area contributed by atoms with Crippen molar-refractivity contribution >= 4 is 11.3 Å². The second-order valence-corrected chi connectivity index (χ2v) is 6.32. The lowest BCUT2D eigenvalue weighted by atomic mass is 9.66. The van der Waals surface area contributed by atoms with Crippen LogP contribution in [-0.2, 0) is 0 Å². The van der Waals surface area contributed by atoms with E-state index in [0.29, 0.717) is 6.54 Å². The third-order valence-electron chi connectivity index (χ3n) is 4.48. The second kappa shape index (κ2) is 5.51. The van der Waals surface area contributed by atoms with Crippen molar-refractivity contribution < 1.29 is 5.11 Å². The molecule has 3 heteroatoms. The average molecular weight is 253 g/mol. The summed E-state index contributed by atoms with van der Waals surface area (Å²) in [6.45, 7) is 2.86. The lowest BCUT2D eigenvalue weighted by Crippen LogP contribution is -2.39. The van der Waals surface area contributed by atoms with Crippen LogP contribution in [0.25, 0.3) is 0 Å². The largest absolute Gasteiger partial charge is 0.387 e. The van der Waals surface area contributed by atoms with Crippen molar-refractivity contribution in [3.63, 3.8) is 0 Å². The topological polar surface area (TPSA) is 46.2 Å². The summed E-state index contributed by atoms with van der Waals surface area (Å²) >= 11 is 1.64. The minimum atomic E-state index is -0.370. The Hall–Kier alpha value is -0.380. The zero-order valence-electron chi connectivity index (χ0n) is 10.6. The fraction of sp³-hybridized carbons (Fsp3) is 0.714. The van der Waals surface area contributed by atoms with Gasteiger partial charge in [-0.15, -0.1) is 11.3 Å². The minimum Gasteiger partial charge on any atom is -0.387 e. The summed E-state index contributed by atoms with van der Waals surface area (Å²) in [5.74, 6) is 0.838. The first kappa shape index (κ1) is 13.1. The molecule has 96 valence electrons. The van der Waals surface area contributed by atoms with E-state index in [2.05, 4.69) is 6.92 Å². The third-order valence-corrected chi connectivity index (χ3v) is 5.40. The number of rotatable bonds is 4. The molecule has 0 radical (unpaired) electrons. The molecule has 1 atom stereocenters. The number of aliphatic hydroxyl groups excluding tert-OH is 1. The number of hydrogen-bond donors (Lipinski definition) is 2. The Morgan fingerprint density at radius 1 is 1.53 bits per heavy atom. The molecule has 0 amide bonds. The summed E-state index contributed by atoms with van der Waals surface area (Å²) in [5, 5.41) is 12.6. The molecule has 1 aromatic heterocycles. The van der Waals surface area contributed by atoms with E-state index in [0.717, 1.165) is 23.6 Å². The first-order valence-electron chi connectivity index (χ1n) is 6.63. The van der Waals surface area contributed by atoms with Crippen molar-refractivity contribution in [1.29, 1.82) is 0 Å². The molecule has 1 aliphatic rings. The summed E-state index contributed by atoms with van der Waals surface area (Å²) in [6.07, 6.45) is 5.47. The predicted molar refractivity (Wildman–Crippen MR) is 73.0 cm³/mol. The van der Waals surface area contributed by atoms with E-state index in [1.54, 1.807) is 11.3 Å². The molecule has 3 N–H and O–H groups in total. The Balaban J connectivity index is 2.10. The van der Waals surface area contributed by atoms with Crippen LogP contribution in [0.2, 0.25) is 0 Å². The van der Waals surface area contributed by atoms with Crippen LogP contribution in [0.1, 0.15) is 50.0 Å². The number of hydrogen-bond acceptors (Lipinski definition) is 3. The van der Waals surface area contributed by atoms with E-state index in [-0.39, 0.29) is 11.5 Å². The van der Waals surface area contributed by atoms with Crippen LogP contribution in [0.5, 0.6) is 0 Å². The zero-order chi connectivity index (χ0) is 12.3. The van der Waals surface area contributed by atoms with Gasteiger partial charge in [0.15, 0.2) is 0 Å². The third kappa shape index (κ3) is 2.56. The van der Waals surface area contributed by atoms with Crippen LogP contribution in [0, 0.1) is 11.3 Å². The molecule has 0 aromatic carbocycles. The Morgan fingerprint density at radius 2 is 2.24 bits per heavy atom. The van der Waals surface area contributed by atoms with Gasteiger partial charge < -0.3 is 10.8 Å². The summed E-state index contributed by atoms with van der Waals surface area (Å²) in [7, 11) is 0. The van der Waals surface area contributed by atoms with Crippen LogP contribution in [0.4, 0.5) is 0 Å². The van der Waals surface area contributed by atoms with Crippen molar-refractivity contribution in [3.05, 3.63) is 22.4 Å². The zero-order valence-corrected chi connectivity index (χ0v) is 11.4. The van der Waals surface area contributed by atoms with Crippen LogP contribution in [0.15, 0.2) is 17.5 Å². The fourth-order valence-corrected chi connectivity index (χ4v) is 3.85. The van der Waals surface area contributed by atoms with Gasteiger partial charge in [-0.05, 0) is 43.0 Å². The lowest BCUT2D eigenvalue weighted by molar-refractivity contribution is -0.00805. The smallest absolute Gasteiger partial charge is 0.0949 e. The standard InChI is InChI=1S/C14H23NOS/c1-2-11-5-7-14(10-15,8-6-11)13(16)12-4-3-9-17-12/h3-4,9,11,13,16H,2,5-8,10,15H2,1H3. The summed E-state index contributed by atoms with van der Waals surface area (Å²) in [4.78, 5) is 1.07. The molecular formula is C14H23NOS. The molecule has 2 rings (SSSR count). The van der Waals surface area contributed by atoms with Gasteiger partial charge in [-0.1, -0.05) is 19.4 Å². The van der Waals surface area contributed by atoms with Gasteiger partial charge in [0.1, 0.15) is 0 Å². The maximum absolute atomic E-state index is 10.6. The minimum absolute atomic E-state index is 0.0729. The van der Waals surface area contributed by atoms with Crippen molar-refractivity contribution in [2.45, 2.75) is 45.1 Å². The second-order valence-electron chi connectivity index (χ2n) is 5.34. The van der Waals surface area contributed by atoms with Crippen LogP contribution >= 0.6 is 11.3 Å². The highest BCUT2D eigenvalue weighted by Gasteiger charge is 2.40. The molecule has 1 aromatic rings. The quantitative estimate of drug-likeness (QED) is 0.864. The van der Waals surface area contributed by atoms with Crippen LogP contribution in [0.3, 0.4) is 0 Å².